The van der Waals surface area contributed by atoms with Gasteiger partial charge in [0.1, 0.15) is 0 Å². The van der Waals surface area contributed by atoms with Gasteiger partial charge in [-0.2, -0.15) is 26.3 Å². The number of halogens is 6. The zero-order valence-electron chi connectivity index (χ0n) is 28.5. The predicted octanol–water partition coefficient (Wildman–Crippen LogP) is 6.86. The number of carbonyl (C=O) groups excluding carboxylic acids is 1. The second-order valence-electron chi connectivity index (χ2n) is 13.0. The Bertz CT molecular complexity index is 1790. The number of para-hydroxylation sites is 1. The number of hydrogen-bond acceptors (Lipinski definition) is 6. The van der Waals surface area contributed by atoms with E-state index >= 15 is 0 Å². The van der Waals surface area contributed by atoms with Crippen molar-refractivity contribution in [3.05, 3.63) is 113 Å². The quantitative estimate of drug-likeness (QED) is 0.0944. The second-order valence-corrected chi connectivity index (χ2v) is 13.0. The predicted molar refractivity (Wildman–Crippen MR) is 185 cm³/mol. The number of H-pyrrole nitrogens is 1. The average Bonchev–Trinajstić information content (AvgIpc) is 3.55. The van der Waals surface area contributed by atoms with Crippen LogP contribution in [0.1, 0.15) is 39.0 Å². The van der Waals surface area contributed by atoms with Crippen molar-refractivity contribution in [2.24, 2.45) is 0 Å². The monoisotopic (exact) mass is 729 g/mol. The summed E-state index contributed by atoms with van der Waals surface area (Å²) in [7, 11) is 0. The maximum Gasteiger partial charge on any atom is 0.416 e. The molecule has 3 heterocycles. The van der Waals surface area contributed by atoms with Gasteiger partial charge in [0.25, 0.3) is 5.91 Å². The third-order valence-corrected chi connectivity index (χ3v) is 9.44. The first-order valence-corrected chi connectivity index (χ1v) is 17.3. The molecule has 0 radical (unpaired) electrons. The Morgan fingerprint density at radius 1 is 0.865 bits per heavy atom. The van der Waals surface area contributed by atoms with Gasteiger partial charge in [0.15, 0.2) is 0 Å². The number of ether oxygens (including phenoxy) is 1. The van der Waals surface area contributed by atoms with E-state index in [1.165, 1.54) is 4.90 Å². The van der Waals surface area contributed by atoms with Crippen LogP contribution in [0.2, 0.25) is 0 Å². The fourth-order valence-electron chi connectivity index (χ4n) is 6.70. The van der Waals surface area contributed by atoms with Gasteiger partial charge in [0.2, 0.25) is 0 Å². The highest BCUT2D eigenvalue weighted by atomic mass is 19.4. The Kier molecular flexibility index (Phi) is 11.9. The zero-order valence-corrected chi connectivity index (χ0v) is 28.5. The molecule has 8 nitrogen and oxygen atoms in total. The fraction of sp³-hybridized carbons (Fsp3) is 0.395. The second kappa shape index (κ2) is 16.5. The van der Waals surface area contributed by atoms with Gasteiger partial charge in [0.05, 0.1) is 36.6 Å². The fourth-order valence-corrected chi connectivity index (χ4v) is 6.70. The first-order chi connectivity index (χ1) is 25.0. The van der Waals surface area contributed by atoms with Gasteiger partial charge in [-0.15, -0.1) is 0 Å². The molecule has 3 aromatic carbocycles. The summed E-state index contributed by atoms with van der Waals surface area (Å²) < 4.78 is 87.7. The van der Waals surface area contributed by atoms with Gasteiger partial charge in [-0.25, -0.2) is 0 Å². The lowest BCUT2D eigenvalue weighted by Crippen LogP contribution is -2.56. The van der Waals surface area contributed by atoms with Crippen LogP contribution in [0.5, 0.6) is 0 Å². The van der Waals surface area contributed by atoms with E-state index in [9.17, 15) is 31.1 Å². The molecule has 52 heavy (non-hydrogen) atoms. The molecule has 14 heteroatoms. The van der Waals surface area contributed by atoms with Crippen molar-refractivity contribution >= 4 is 22.5 Å². The zero-order chi connectivity index (χ0) is 36.7. The van der Waals surface area contributed by atoms with E-state index in [0.717, 1.165) is 67.0 Å². The molecule has 2 aliphatic heterocycles. The molecule has 2 aliphatic rings. The number of benzene rings is 3. The summed E-state index contributed by atoms with van der Waals surface area (Å²) in [6.07, 6.45) is -5.16. The van der Waals surface area contributed by atoms with E-state index in [1.54, 1.807) is 0 Å². The van der Waals surface area contributed by atoms with Crippen LogP contribution >= 0.6 is 0 Å². The number of nitrogens with zero attached hydrogens (tertiary/aromatic N) is 3. The third-order valence-electron chi connectivity index (χ3n) is 9.44. The standard InChI is InChI=1S/C38H41F6N5O3/c39-37(40,41)30-21-28(22-31(24-30)38(42,43)44)36(50)49-15-14-48(26-32(49)23-29-25-45-35-10-5-4-9-33(29)35)13-11-34(27-7-2-1-3-8-27)46-52-18-6-12-47-16-19-51-20-17-47/h1-5,7-11,21-22,24-25,32,45-46H,6,12-20,23,26H2/t32-/m1/s1. The minimum atomic E-state index is -5.07. The lowest BCUT2D eigenvalue weighted by atomic mass is 9.98. The number of rotatable bonds is 12. The van der Waals surface area contributed by atoms with E-state index in [0.29, 0.717) is 44.8 Å². The molecule has 278 valence electrons. The molecule has 0 aliphatic carbocycles. The van der Waals surface area contributed by atoms with Gasteiger partial charge in [-0.05, 0) is 54.3 Å². The number of hydroxylamine groups is 1. The number of nitrogens with one attached hydrogen (secondary N) is 2. The third kappa shape index (κ3) is 9.54. The molecule has 4 aromatic rings. The molecule has 2 N–H and O–H groups in total. The van der Waals surface area contributed by atoms with Crippen LogP contribution in [-0.2, 0) is 28.3 Å². The van der Waals surface area contributed by atoms with Gasteiger partial charge < -0.3 is 14.6 Å². The summed E-state index contributed by atoms with van der Waals surface area (Å²) in [6, 6.07) is 17.8. The topological polar surface area (TPSA) is 73.1 Å². The number of aromatic nitrogens is 1. The molecule has 2 saturated heterocycles. The van der Waals surface area contributed by atoms with E-state index in [1.807, 2.05) is 66.9 Å². The molecule has 2 fully saturated rings. The average molecular weight is 730 g/mol. The number of piperazine rings is 1. The van der Waals surface area contributed by atoms with Crippen LogP contribution in [0.4, 0.5) is 26.3 Å². The molecular formula is C38H41F6N5O3. The Labute approximate surface area is 297 Å². The van der Waals surface area contributed by atoms with Crippen molar-refractivity contribution in [1.82, 2.24) is 25.2 Å². The normalized spacial score (nSPS) is 18.2. The van der Waals surface area contributed by atoms with Crippen LogP contribution in [0.25, 0.3) is 16.6 Å². The van der Waals surface area contributed by atoms with Gasteiger partial charge >= 0.3 is 12.4 Å². The molecule has 1 atom stereocenters. The van der Waals surface area contributed by atoms with E-state index < -0.39 is 41.0 Å². The maximum absolute atomic E-state index is 13.9. The van der Waals surface area contributed by atoms with Crippen LogP contribution in [-0.4, -0.2) is 97.3 Å². The van der Waals surface area contributed by atoms with Crippen molar-refractivity contribution in [2.75, 3.05) is 65.6 Å². The summed E-state index contributed by atoms with van der Waals surface area (Å²) in [4.78, 5) is 28.8. The number of fused-ring (bicyclic) bond motifs is 1. The minimum absolute atomic E-state index is 0.0384. The number of aromatic amines is 1. The molecule has 0 saturated carbocycles. The SMILES string of the molecule is O=C(c1cc(C(F)(F)F)cc(C(F)(F)F)c1)N1CCN(CC=C(NOCCCN2CCOCC2)c2ccccc2)C[C@H]1Cc1c[nH]c2ccccc12. The molecule has 1 aromatic heterocycles. The highest BCUT2D eigenvalue weighted by Gasteiger charge is 2.39. The first-order valence-electron chi connectivity index (χ1n) is 17.3. The van der Waals surface area contributed by atoms with Gasteiger partial charge in [0, 0.05) is 74.5 Å². The van der Waals surface area contributed by atoms with Crippen LogP contribution in [0.3, 0.4) is 0 Å². The smallest absolute Gasteiger partial charge is 0.379 e. The summed E-state index contributed by atoms with van der Waals surface area (Å²) >= 11 is 0. The largest absolute Gasteiger partial charge is 0.416 e. The highest BCUT2D eigenvalue weighted by molar-refractivity contribution is 5.95. The van der Waals surface area contributed by atoms with Gasteiger partial charge in [-0.3, -0.25) is 24.9 Å². The van der Waals surface area contributed by atoms with Crippen LogP contribution in [0.15, 0.2) is 85.1 Å². The minimum Gasteiger partial charge on any atom is -0.379 e. The highest BCUT2D eigenvalue weighted by Crippen LogP contribution is 2.37. The van der Waals surface area contributed by atoms with Crippen molar-refractivity contribution in [3.63, 3.8) is 0 Å². The lowest BCUT2D eigenvalue weighted by Gasteiger charge is -2.41. The summed E-state index contributed by atoms with van der Waals surface area (Å²) in [5, 5.41) is 0.923. The van der Waals surface area contributed by atoms with E-state index in [4.69, 9.17) is 9.57 Å². The van der Waals surface area contributed by atoms with Crippen molar-refractivity contribution in [2.45, 2.75) is 31.2 Å². The Morgan fingerprint density at radius 3 is 2.27 bits per heavy atom. The Morgan fingerprint density at radius 2 is 1.56 bits per heavy atom. The van der Waals surface area contributed by atoms with E-state index in [2.05, 4.69) is 20.3 Å². The number of carbonyl (C=O) groups is 1. The number of morpholine rings is 1. The number of amides is 1. The Hall–Kier alpha value is -4.37. The molecule has 0 unspecified atom stereocenters. The van der Waals surface area contributed by atoms with Gasteiger partial charge in [-0.1, -0.05) is 48.5 Å². The molecular weight excluding hydrogens is 688 g/mol. The van der Waals surface area contributed by atoms with Crippen molar-refractivity contribution in [1.29, 1.82) is 0 Å². The molecule has 6 rings (SSSR count). The molecule has 1 amide bonds. The summed E-state index contributed by atoms with van der Waals surface area (Å²) in [5.74, 6) is -0.881. The maximum atomic E-state index is 13.9. The van der Waals surface area contributed by atoms with Crippen LogP contribution in [0, 0.1) is 0 Å². The number of alkyl halides is 6. The van der Waals surface area contributed by atoms with E-state index in [-0.39, 0.29) is 12.6 Å². The summed E-state index contributed by atoms with van der Waals surface area (Å²) in [5.41, 5.74) is 2.83. The van der Waals surface area contributed by atoms with Crippen LogP contribution < -0.4 is 5.48 Å². The molecule has 0 spiro atoms. The number of hydrogen-bond donors (Lipinski definition) is 2. The first kappa shape index (κ1) is 37.4. The summed E-state index contributed by atoms with van der Waals surface area (Å²) in [6.45, 7) is 5.87. The Balaban J connectivity index is 1.21. The molecule has 0 bridgehead atoms. The lowest BCUT2D eigenvalue weighted by molar-refractivity contribution is -0.143. The van der Waals surface area contributed by atoms with Crippen molar-refractivity contribution < 1.29 is 40.7 Å². The van der Waals surface area contributed by atoms with Crippen molar-refractivity contribution in [3.8, 4) is 0 Å².